The number of nitrogens with zero attached hydrogens (tertiary/aromatic N) is 1. The van der Waals surface area contributed by atoms with E-state index in [1.807, 2.05) is 0 Å². The van der Waals surface area contributed by atoms with Gasteiger partial charge in [-0.2, -0.15) is 39.5 Å². The quantitative estimate of drug-likeness (QED) is 0.239. The maximum Gasteiger partial charge on any atom is 0.491 e. The molecule has 1 aromatic carbocycles. The topological polar surface area (TPSA) is 82.1 Å². The number of piperidine rings is 1. The predicted molar refractivity (Wildman–Crippen MR) is 103 cm³/mol. The molecule has 0 saturated carbocycles. The normalized spacial score (nSPS) is 29.3. The first-order valence-electron chi connectivity index (χ1n) is 10.9. The molecule has 2 aliphatic carbocycles. The lowest BCUT2D eigenvalue weighted by atomic mass is 9.53. The second kappa shape index (κ2) is 8.02. The summed E-state index contributed by atoms with van der Waals surface area (Å²) in [6.45, 7) is -0.529. The number of benzene rings is 1. The van der Waals surface area contributed by atoms with Crippen molar-refractivity contribution in [3.05, 3.63) is 35.4 Å². The number of likely N-dealkylation sites (tertiary alicyclic amines) is 1. The van der Waals surface area contributed by atoms with E-state index in [1.165, 1.54) is 12.1 Å². The summed E-state index contributed by atoms with van der Waals surface area (Å²) in [5.41, 5.74) is -1.15. The van der Waals surface area contributed by atoms with Crippen molar-refractivity contribution in [3.8, 4) is 11.5 Å². The van der Waals surface area contributed by atoms with Gasteiger partial charge in [0.2, 0.25) is 0 Å². The molecule has 1 spiro atoms. The Morgan fingerprint density at radius 3 is 2.18 bits per heavy atom. The fourth-order valence-electron chi connectivity index (χ4n) is 5.97. The van der Waals surface area contributed by atoms with Crippen LogP contribution in [-0.2, 0) is 31.0 Å². The van der Waals surface area contributed by atoms with E-state index in [0.29, 0.717) is 4.90 Å². The van der Waals surface area contributed by atoms with Crippen molar-refractivity contribution in [1.29, 1.82) is 0 Å². The van der Waals surface area contributed by atoms with Crippen LogP contribution in [-0.4, -0.2) is 66.1 Å². The van der Waals surface area contributed by atoms with Crippen LogP contribution < -0.4 is 9.47 Å². The summed E-state index contributed by atoms with van der Waals surface area (Å²) in [5.74, 6) is -9.49. The highest BCUT2D eigenvalue weighted by molar-refractivity contribution is 5.83. The third-order valence-corrected chi connectivity index (χ3v) is 7.25. The molecule has 5 rings (SSSR count). The molecule has 1 saturated heterocycles. The number of alkyl halides is 9. The second-order valence-electron chi connectivity index (χ2n) is 9.19. The monoisotopic (exact) mass is 559 g/mol. The van der Waals surface area contributed by atoms with E-state index in [4.69, 9.17) is 4.74 Å². The number of halogens is 9. The van der Waals surface area contributed by atoms with Crippen molar-refractivity contribution in [2.75, 3.05) is 6.54 Å². The number of carbonyl (C=O) groups is 3. The van der Waals surface area contributed by atoms with Crippen molar-refractivity contribution in [2.24, 2.45) is 5.92 Å². The average Bonchev–Trinajstić information content (AvgIpc) is 3.14. The summed E-state index contributed by atoms with van der Waals surface area (Å²) in [7, 11) is 0. The molecule has 4 aliphatic rings. The molecule has 2 aliphatic heterocycles. The summed E-state index contributed by atoms with van der Waals surface area (Å²) < 4.78 is 132. The summed E-state index contributed by atoms with van der Waals surface area (Å²) in [6, 6.07) is 0.939. The van der Waals surface area contributed by atoms with Gasteiger partial charge in [-0.25, -0.2) is 9.59 Å². The number of amides is 1. The molecule has 0 aromatic heterocycles. The highest BCUT2D eigenvalue weighted by atomic mass is 19.4. The number of hydrogen-bond donors (Lipinski definition) is 0. The third-order valence-electron chi connectivity index (χ3n) is 7.25. The largest absolute Gasteiger partial charge is 0.491 e. The molecule has 38 heavy (non-hydrogen) atoms. The zero-order valence-electron chi connectivity index (χ0n) is 18.5. The van der Waals surface area contributed by atoms with Gasteiger partial charge in [0.25, 0.3) is 0 Å². The van der Waals surface area contributed by atoms with Crippen molar-refractivity contribution < 1.29 is 68.1 Å². The van der Waals surface area contributed by atoms with Gasteiger partial charge in [0.05, 0.1) is 5.41 Å². The van der Waals surface area contributed by atoms with Gasteiger partial charge in [0.1, 0.15) is 6.10 Å². The Morgan fingerprint density at radius 1 is 0.921 bits per heavy atom. The first-order valence-corrected chi connectivity index (χ1v) is 10.9. The minimum atomic E-state index is -5.41. The second-order valence-corrected chi connectivity index (χ2v) is 9.19. The number of hydrogen-bond acceptors (Lipinski definition) is 6. The lowest BCUT2D eigenvalue weighted by molar-refractivity contribution is -0.209. The van der Waals surface area contributed by atoms with E-state index in [0.717, 1.165) is 12.1 Å². The summed E-state index contributed by atoms with van der Waals surface area (Å²) in [4.78, 5) is 35.9. The Labute approximate surface area is 206 Å². The number of rotatable bonds is 2. The van der Waals surface area contributed by atoms with E-state index >= 15 is 0 Å². The molecule has 1 amide bonds. The van der Waals surface area contributed by atoms with Gasteiger partial charge in [-0.05, 0) is 30.5 Å². The smallest absolute Gasteiger partial charge is 0.481 e. The van der Waals surface area contributed by atoms with Crippen LogP contribution in [0.5, 0.6) is 11.5 Å². The molecule has 0 radical (unpaired) electrons. The van der Waals surface area contributed by atoms with Crippen LogP contribution in [0.3, 0.4) is 0 Å². The summed E-state index contributed by atoms with van der Waals surface area (Å²) in [5, 5.41) is 0. The van der Waals surface area contributed by atoms with Crippen LogP contribution in [0.25, 0.3) is 0 Å². The fourth-order valence-corrected chi connectivity index (χ4v) is 5.97. The number of carbonyl (C=O) groups excluding carboxylic acids is 3. The molecule has 5 unspecified atom stereocenters. The lowest BCUT2D eigenvalue weighted by Gasteiger charge is -2.57. The van der Waals surface area contributed by atoms with Crippen LogP contribution in [0.15, 0.2) is 24.3 Å². The highest BCUT2D eigenvalue weighted by Crippen LogP contribution is 2.63. The maximum absolute atomic E-state index is 13.3. The van der Waals surface area contributed by atoms with E-state index in [2.05, 4.69) is 9.47 Å². The first-order chi connectivity index (χ1) is 17.5. The third kappa shape index (κ3) is 3.78. The van der Waals surface area contributed by atoms with Gasteiger partial charge < -0.3 is 19.1 Å². The molecule has 16 heteroatoms. The predicted octanol–water partition coefficient (Wildman–Crippen LogP) is 3.53. The summed E-state index contributed by atoms with van der Waals surface area (Å²) >= 11 is 0. The Morgan fingerprint density at radius 2 is 1.58 bits per heavy atom. The van der Waals surface area contributed by atoms with Gasteiger partial charge in [-0.15, -0.1) is 0 Å². The van der Waals surface area contributed by atoms with Crippen molar-refractivity contribution in [1.82, 2.24) is 4.90 Å². The van der Waals surface area contributed by atoms with E-state index in [9.17, 15) is 53.9 Å². The molecular weight excluding hydrogens is 545 g/mol. The molecule has 1 aromatic rings. The van der Waals surface area contributed by atoms with E-state index < -0.39 is 84.0 Å². The van der Waals surface area contributed by atoms with Crippen LogP contribution in [0.1, 0.15) is 17.5 Å². The molecular formula is C22H14F9NO6. The fraction of sp³-hybridized carbons (Fsp3) is 0.500. The number of esters is 2. The lowest BCUT2D eigenvalue weighted by Crippen LogP contribution is -2.67. The van der Waals surface area contributed by atoms with Crippen molar-refractivity contribution >= 4 is 17.8 Å². The van der Waals surface area contributed by atoms with Crippen LogP contribution in [0.4, 0.5) is 39.5 Å². The molecule has 206 valence electrons. The Kier molecular flexibility index (Phi) is 5.52. The molecule has 5 atom stereocenters. The van der Waals surface area contributed by atoms with Crippen LogP contribution in [0.2, 0.25) is 0 Å². The van der Waals surface area contributed by atoms with Gasteiger partial charge in [0.15, 0.2) is 17.6 Å². The molecule has 2 heterocycles. The van der Waals surface area contributed by atoms with Crippen LogP contribution >= 0.6 is 0 Å². The minimum Gasteiger partial charge on any atom is -0.481 e. The molecule has 7 nitrogen and oxygen atoms in total. The van der Waals surface area contributed by atoms with Gasteiger partial charge in [-0.1, -0.05) is 12.1 Å². The highest BCUT2D eigenvalue weighted by Gasteiger charge is 2.67. The maximum atomic E-state index is 13.3. The Balaban J connectivity index is 1.63. The van der Waals surface area contributed by atoms with E-state index in [1.54, 1.807) is 0 Å². The standard InChI is InChI=1S/C22H14F9NO6/c23-20(24,25)16(33)32-6-5-19-9-2-4-12(37-18(35)22(29,30)31)15(19)38-14-11(36-17(34)21(26,27)28)3-1-8(13(14)19)7-10(9)32/h1-4,9-10,12,15H,5-7H2. The van der Waals surface area contributed by atoms with Crippen molar-refractivity contribution in [3.63, 3.8) is 0 Å². The van der Waals surface area contributed by atoms with Crippen LogP contribution in [0, 0.1) is 5.92 Å². The van der Waals surface area contributed by atoms with Gasteiger partial charge >= 0.3 is 36.4 Å². The SMILES string of the molecule is O=C(Oc1ccc2c3c1OC1C(OC(=O)C(F)(F)F)C=CC4C(C2)N(C(=O)C(F)(F)F)CCC341)C(F)(F)F. The molecule has 0 N–H and O–H groups in total. The molecule has 1 fully saturated rings. The van der Waals surface area contributed by atoms with Gasteiger partial charge in [0, 0.05) is 24.1 Å². The first kappa shape index (κ1) is 26.2. The average molecular weight is 559 g/mol. The zero-order valence-corrected chi connectivity index (χ0v) is 18.5. The van der Waals surface area contributed by atoms with E-state index in [-0.39, 0.29) is 24.0 Å². The van der Waals surface area contributed by atoms with Crippen molar-refractivity contribution in [2.45, 2.75) is 55.0 Å². The Bertz CT molecular complexity index is 1250. The molecule has 2 bridgehead atoms. The van der Waals surface area contributed by atoms with Gasteiger partial charge in [-0.3, -0.25) is 4.79 Å². The minimum absolute atomic E-state index is 0.118. The number of ether oxygens (including phenoxy) is 3. The summed E-state index contributed by atoms with van der Waals surface area (Å²) in [6.07, 6.45) is -17.7. The Hall–Kier alpha value is -3.46. The zero-order chi connectivity index (χ0) is 28.0.